The van der Waals surface area contributed by atoms with Crippen molar-refractivity contribution in [1.29, 1.82) is 5.26 Å². The molecule has 1 heterocycles. The second-order valence-electron chi connectivity index (χ2n) is 16.1. The molecule has 0 spiro atoms. The number of methoxy groups -OCH3 is 1. The molecule has 1 aromatic heterocycles. The number of rotatable bonds is 13. The minimum atomic E-state index is -1.26. The van der Waals surface area contributed by atoms with Crippen molar-refractivity contribution in [1.82, 2.24) is 10.3 Å². The number of phenols is 1. The van der Waals surface area contributed by atoms with Crippen molar-refractivity contribution < 1.29 is 49.4 Å². The lowest BCUT2D eigenvalue weighted by Gasteiger charge is -2.34. The van der Waals surface area contributed by atoms with Crippen LogP contribution in [-0.2, 0) is 45.5 Å². The van der Waals surface area contributed by atoms with Gasteiger partial charge < -0.3 is 45.3 Å². The maximum absolute atomic E-state index is 11.6. The molecule has 7 rings (SSSR count). The van der Waals surface area contributed by atoms with Crippen LogP contribution in [0.2, 0.25) is 0 Å². The molecule has 62 heavy (non-hydrogen) atoms. The zero-order valence-corrected chi connectivity index (χ0v) is 35.5. The van der Waals surface area contributed by atoms with Crippen molar-refractivity contribution in [3.8, 4) is 23.3 Å². The molecule has 3 aromatic carbocycles. The van der Waals surface area contributed by atoms with Gasteiger partial charge >= 0.3 is 17.9 Å². The number of phenolic OH excluding ortho intramolecular Hbond substituents is 1. The first-order chi connectivity index (χ1) is 29.7. The average molecular weight is 852 g/mol. The summed E-state index contributed by atoms with van der Waals surface area (Å²) in [7, 11) is 1.62. The molecule has 2 saturated carbocycles. The smallest absolute Gasteiger partial charge is 0.328 e. The van der Waals surface area contributed by atoms with Gasteiger partial charge in [0.1, 0.15) is 5.75 Å². The van der Waals surface area contributed by atoms with Gasteiger partial charge in [-0.15, -0.1) is 0 Å². The molecule has 0 radical (unpaired) electrons. The van der Waals surface area contributed by atoms with E-state index in [9.17, 15) is 39.8 Å². The van der Waals surface area contributed by atoms with E-state index < -0.39 is 29.4 Å². The van der Waals surface area contributed by atoms with Crippen LogP contribution < -0.4 is 20.3 Å². The molecule has 2 fully saturated rings. The molecular weight excluding hydrogens is 795 g/mol. The standard InChI is InChI=1S/C24H28N2O3.C20H25NO4.C4H4O4/c1-3-14-9-16-11-18(12-17(16)10-15(14)4-2)25-13-22(28)19-5-7-21(27)24-20(19)6-8-23(29)26-24;1-24-17-7-6-15(12-18(17)25-16-4-2-3-5-16)20(13-21)10-8-14(9-11-20)19(22)23;5-3(6)1-2-4(7)8/h5-10,18,22,25,27-28H,3-4,11-13H2,1-2H3,(H,26,29);6-7,12,14,16H,2-5,8-11H2,1H3,(H,22,23);1-2H,(H,5,6)(H,7,8)/b;;2-1-/t22-;;/m0../s1. The van der Waals surface area contributed by atoms with Crippen LogP contribution in [0.15, 0.2) is 71.5 Å². The summed E-state index contributed by atoms with van der Waals surface area (Å²) in [6.07, 6.45) is 11.3. The quantitative estimate of drug-likeness (QED) is 0.0678. The Hall–Kier alpha value is -6.17. The first-order valence-electron chi connectivity index (χ1n) is 21.2. The minimum Gasteiger partial charge on any atom is -0.506 e. The number of ether oxygens (including phenoxy) is 2. The predicted octanol–water partition coefficient (Wildman–Crippen LogP) is 6.91. The number of pyridine rings is 1. The number of fused-ring (bicyclic) bond motifs is 2. The third-order valence-corrected chi connectivity index (χ3v) is 12.2. The van der Waals surface area contributed by atoms with E-state index in [0.717, 1.165) is 44.1 Å². The van der Waals surface area contributed by atoms with Crippen molar-refractivity contribution in [2.24, 2.45) is 5.92 Å². The molecule has 0 saturated heterocycles. The number of aliphatic hydroxyl groups excluding tert-OH is 1. The fraction of sp³-hybridized carbons (Fsp3) is 0.438. The van der Waals surface area contributed by atoms with Crippen LogP contribution in [0.5, 0.6) is 17.2 Å². The Bertz CT molecular complexity index is 2300. The molecule has 0 amide bonds. The van der Waals surface area contributed by atoms with Gasteiger partial charge in [0.15, 0.2) is 11.5 Å². The van der Waals surface area contributed by atoms with Gasteiger partial charge in [-0.2, -0.15) is 5.26 Å². The fourth-order valence-electron chi connectivity index (χ4n) is 8.73. The van der Waals surface area contributed by atoms with E-state index in [1.807, 2.05) is 18.2 Å². The second-order valence-corrected chi connectivity index (χ2v) is 16.1. The van der Waals surface area contributed by atoms with Gasteiger partial charge in [-0.25, -0.2) is 9.59 Å². The van der Waals surface area contributed by atoms with Gasteiger partial charge in [0.2, 0.25) is 5.56 Å². The van der Waals surface area contributed by atoms with Gasteiger partial charge in [-0.3, -0.25) is 9.59 Å². The van der Waals surface area contributed by atoms with E-state index in [1.165, 1.54) is 47.2 Å². The normalized spacial score (nSPS) is 19.0. The molecule has 7 N–H and O–H groups in total. The molecule has 0 aliphatic heterocycles. The van der Waals surface area contributed by atoms with E-state index >= 15 is 0 Å². The van der Waals surface area contributed by atoms with E-state index in [2.05, 4.69) is 42.4 Å². The highest BCUT2D eigenvalue weighted by atomic mass is 16.5. The summed E-state index contributed by atoms with van der Waals surface area (Å²) < 4.78 is 11.6. The number of hydrogen-bond acceptors (Lipinski definition) is 10. The van der Waals surface area contributed by atoms with Gasteiger partial charge in [-0.05, 0) is 135 Å². The highest BCUT2D eigenvalue weighted by Gasteiger charge is 2.40. The van der Waals surface area contributed by atoms with E-state index in [4.69, 9.17) is 19.7 Å². The van der Waals surface area contributed by atoms with Crippen molar-refractivity contribution in [3.63, 3.8) is 0 Å². The predicted molar refractivity (Wildman–Crippen MR) is 233 cm³/mol. The number of carbonyl (C=O) groups is 3. The number of H-pyrrole nitrogens is 1. The van der Waals surface area contributed by atoms with Crippen LogP contribution in [0.3, 0.4) is 0 Å². The summed E-state index contributed by atoms with van der Waals surface area (Å²) in [5, 5.41) is 59.7. The average Bonchev–Trinajstić information content (AvgIpc) is 3.94. The molecule has 0 bridgehead atoms. The molecule has 4 aromatic rings. The highest BCUT2D eigenvalue weighted by Crippen LogP contribution is 2.44. The van der Waals surface area contributed by atoms with Crippen molar-refractivity contribution in [2.75, 3.05) is 13.7 Å². The molecular formula is C48H57N3O11. The largest absolute Gasteiger partial charge is 0.506 e. The van der Waals surface area contributed by atoms with Crippen LogP contribution in [-0.4, -0.2) is 74.2 Å². The van der Waals surface area contributed by atoms with E-state index in [1.54, 1.807) is 19.2 Å². The number of nitrogens with zero attached hydrogens (tertiary/aromatic N) is 1. The van der Waals surface area contributed by atoms with E-state index in [0.29, 0.717) is 78.4 Å². The van der Waals surface area contributed by atoms with Crippen molar-refractivity contribution >= 4 is 28.8 Å². The number of aliphatic carboxylic acids is 3. The molecule has 14 heteroatoms. The number of carboxylic acid groups (broad SMARTS) is 3. The van der Waals surface area contributed by atoms with Crippen molar-refractivity contribution in [2.45, 2.75) is 115 Å². The van der Waals surface area contributed by atoms with Gasteiger partial charge in [0, 0.05) is 36.2 Å². The Labute approximate surface area is 360 Å². The Morgan fingerprint density at radius 3 is 2.03 bits per heavy atom. The Morgan fingerprint density at radius 1 is 0.887 bits per heavy atom. The summed E-state index contributed by atoms with van der Waals surface area (Å²) in [6.45, 7) is 4.83. The number of benzene rings is 3. The number of hydrogen-bond donors (Lipinski definition) is 7. The summed E-state index contributed by atoms with van der Waals surface area (Å²) in [6, 6.07) is 19.5. The van der Waals surface area contributed by atoms with Crippen LogP contribution in [0.4, 0.5) is 0 Å². The monoisotopic (exact) mass is 851 g/mol. The third-order valence-electron chi connectivity index (χ3n) is 12.2. The van der Waals surface area contributed by atoms with Gasteiger partial charge in [-0.1, -0.05) is 38.1 Å². The molecule has 330 valence electrons. The summed E-state index contributed by atoms with van der Waals surface area (Å²) in [4.78, 5) is 44.5. The number of carboxylic acids is 3. The molecule has 14 nitrogen and oxygen atoms in total. The van der Waals surface area contributed by atoms with Crippen LogP contribution in [0.1, 0.15) is 105 Å². The number of aromatic nitrogens is 1. The summed E-state index contributed by atoms with van der Waals surface area (Å²) >= 11 is 0. The highest BCUT2D eigenvalue weighted by molar-refractivity contribution is 5.89. The lowest BCUT2D eigenvalue weighted by molar-refractivity contribution is -0.143. The lowest BCUT2D eigenvalue weighted by Crippen LogP contribution is -2.33. The summed E-state index contributed by atoms with van der Waals surface area (Å²) in [5.41, 5.74) is 6.77. The second kappa shape index (κ2) is 21.6. The number of aromatic hydroxyl groups is 1. The first-order valence-corrected chi connectivity index (χ1v) is 21.2. The molecule has 0 unspecified atom stereocenters. The molecule has 3 aliphatic carbocycles. The topological polar surface area (TPSA) is 239 Å². The minimum absolute atomic E-state index is 0.00584. The maximum atomic E-state index is 11.6. The van der Waals surface area contributed by atoms with Gasteiger partial charge in [0.25, 0.3) is 0 Å². The Kier molecular flexibility index (Phi) is 16.3. The number of nitriles is 1. The number of aliphatic hydroxyl groups is 1. The third kappa shape index (κ3) is 11.8. The van der Waals surface area contributed by atoms with Crippen LogP contribution >= 0.6 is 0 Å². The van der Waals surface area contributed by atoms with Crippen LogP contribution in [0, 0.1) is 17.2 Å². The number of aromatic amines is 1. The molecule has 3 aliphatic rings. The number of nitrogens with one attached hydrogen (secondary N) is 2. The summed E-state index contributed by atoms with van der Waals surface area (Å²) in [5.74, 6) is -2.23. The SMILES string of the molecule is CCc1cc2c(cc1CC)CC(NC[C@H](O)c1ccc(O)c3[nH]c(=O)ccc13)C2.COc1ccc(C2(C#N)CCC(C(=O)O)CC2)cc1OC1CCCC1.O=C(O)/C=C\C(=O)O. The Morgan fingerprint density at radius 2 is 1.50 bits per heavy atom. The van der Waals surface area contributed by atoms with E-state index in [-0.39, 0.29) is 23.3 Å². The number of aryl methyl sites for hydroxylation is 2. The fourth-order valence-corrected chi connectivity index (χ4v) is 8.73. The first kappa shape index (κ1) is 46.9. The Balaban J connectivity index is 0.000000201. The lowest BCUT2D eigenvalue weighted by atomic mass is 9.67. The van der Waals surface area contributed by atoms with Gasteiger partial charge in [0.05, 0.1) is 42.2 Å². The zero-order chi connectivity index (χ0) is 45.0. The zero-order valence-electron chi connectivity index (χ0n) is 35.5. The maximum Gasteiger partial charge on any atom is 0.328 e. The molecule has 1 atom stereocenters. The van der Waals surface area contributed by atoms with Crippen molar-refractivity contribution in [3.05, 3.63) is 110 Å². The van der Waals surface area contributed by atoms with Crippen LogP contribution in [0.25, 0.3) is 10.9 Å².